The van der Waals surface area contributed by atoms with E-state index in [2.05, 4.69) is 10.2 Å². The van der Waals surface area contributed by atoms with Gasteiger partial charge >= 0.3 is 18.2 Å². The van der Waals surface area contributed by atoms with Crippen LogP contribution >= 0.6 is 0 Å². The van der Waals surface area contributed by atoms with Crippen LogP contribution in [0.3, 0.4) is 0 Å². The molecule has 1 N–H and O–H groups in total. The summed E-state index contributed by atoms with van der Waals surface area (Å²) in [5, 5.41) is 15.9. The summed E-state index contributed by atoms with van der Waals surface area (Å²) in [6, 6.07) is 3.61. The molecule has 0 radical (unpaired) electrons. The molecule has 0 saturated carbocycles. The Kier molecular flexibility index (Phi) is 5.18. The van der Waals surface area contributed by atoms with E-state index in [1.54, 1.807) is 0 Å². The van der Waals surface area contributed by atoms with Crippen LogP contribution in [-0.2, 0) is 6.18 Å². The van der Waals surface area contributed by atoms with Crippen LogP contribution in [0, 0.1) is 5.82 Å². The number of benzene rings is 1. The number of halogens is 4. The maximum Gasteiger partial charge on any atom is 0.420 e. The molecule has 3 rings (SSSR count). The number of hydrogen-bond donors (Lipinski definition) is 1. The summed E-state index contributed by atoms with van der Waals surface area (Å²) in [6.45, 7) is -0.0956. The van der Waals surface area contributed by atoms with Crippen LogP contribution in [0.25, 0.3) is 0 Å². The molecule has 29 heavy (non-hydrogen) atoms. The first kappa shape index (κ1) is 20.2. The van der Waals surface area contributed by atoms with Gasteiger partial charge < -0.3 is 5.11 Å². The minimum Gasteiger partial charge on any atom is -0.476 e. The van der Waals surface area contributed by atoms with E-state index in [9.17, 15) is 31.9 Å². The predicted octanol–water partition coefficient (Wildman–Crippen LogP) is 2.81. The van der Waals surface area contributed by atoms with Crippen molar-refractivity contribution in [2.45, 2.75) is 12.6 Å². The number of carboxylic acids is 1. The quantitative estimate of drug-likeness (QED) is 0.778. The number of aromatic carboxylic acids is 1. The molecule has 1 aromatic carbocycles. The molecule has 1 aliphatic heterocycles. The number of carboxylic acid groups (broad SMARTS) is 1. The second-order valence-corrected chi connectivity index (χ2v) is 5.99. The van der Waals surface area contributed by atoms with Gasteiger partial charge in [-0.15, -0.1) is 10.2 Å². The minimum absolute atomic E-state index is 0.0761. The summed E-state index contributed by atoms with van der Waals surface area (Å²) in [7, 11) is 0. The molecule has 8 nitrogen and oxygen atoms in total. The molecular formula is C17H12F4N4O4. The zero-order chi connectivity index (χ0) is 21.3. The first-order chi connectivity index (χ1) is 13.6. The van der Waals surface area contributed by atoms with Crippen LogP contribution in [0.15, 0.2) is 30.3 Å². The summed E-state index contributed by atoms with van der Waals surface area (Å²) in [6.07, 6.45) is -4.93. The molecule has 0 spiro atoms. The van der Waals surface area contributed by atoms with Crippen molar-refractivity contribution in [3.05, 3.63) is 53.0 Å². The van der Waals surface area contributed by atoms with Gasteiger partial charge in [-0.1, -0.05) is 6.07 Å². The third kappa shape index (κ3) is 3.86. The zero-order valence-corrected chi connectivity index (χ0v) is 14.5. The Labute approximate surface area is 160 Å². The summed E-state index contributed by atoms with van der Waals surface area (Å²) < 4.78 is 53.4. The lowest BCUT2D eigenvalue weighted by Crippen LogP contribution is -2.52. The van der Waals surface area contributed by atoms with Crippen molar-refractivity contribution in [2.75, 3.05) is 18.0 Å². The number of amides is 3. The van der Waals surface area contributed by atoms with Gasteiger partial charge in [0.2, 0.25) is 0 Å². The van der Waals surface area contributed by atoms with Gasteiger partial charge in [-0.25, -0.2) is 14.0 Å². The highest BCUT2D eigenvalue weighted by atomic mass is 19.4. The number of rotatable bonds is 3. The van der Waals surface area contributed by atoms with E-state index in [-0.39, 0.29) is 31.0 Å². The smallest absolute Gasteiger partial charge is 0.420 e. The van der Waals surface area contributed by atoms with E-state index in [1.807, 2.05) is 0 Å². The molecule has 2 aromatic rings. The number of carbonyl (C=O) groups excluding carboxylic acids is 2. The molecule has 0 bridgehead atoms. The molecule has 1 aromatic heterocycles. The third-order valence-electron chi connectivity index (χ3n) is 4.14. The number of carbonyl (C=O) groups is 3. The number of aromatic nitrogens is 2. The van der Waals surface area contributed by atoms with Gasteiger partial charge in [0.1, 0.15) is 11.4 Å². The maximum absolute atomic E-state index is 13.8. The molecule has 12 heteroatoms. The van der Waals surface area contributed by atoms with E-state index in [0.29, 0.717) is 11.0 Å². The minimum atomic E-state index is -5.13. The summed E-state index contributed by atoms with van der Waals surface area (Å²) in [5.74, 6) is -4.34. The highest BCUT2D eigenvalue weighted by Crippen LogP contribution is 2.35. The van der Waals surface area contributed by atoms with Crippen molar-refractivity contribution in [3.63, 3.8) is 0 Å². The second kappa shape index (κ2) is 7.45. The lowest BCUT2D eigenvalue weighted by Gasteiger charge is -2.33. The van der Waals surface area contributed by atoms with Crippen molar-refractivity contribution < 1.29 is 37.1 Å². The van der Waals surface area contributed by atoms with Crippen molar-refractivity contribution in [2.24, 2.45) is 0 Å². The van der Waals surface area contributed by atoms with Crippen LogP contribution in [-0.4, -0.2) is 51.2 Å². The lowest BCUT2D eigenvalue weighted by atomic mass is 10.0. The van der Waals surface area contributed by atoms with Crippen LogP contribution < -0.4 is 4.90 Å². The monoisotopic (exact) mass is 412 g/mol. The highest BCUT2D eigenvalue weighted by Gasteiger charge is 2.41. The standard InChI is InChI=1S/C17H12F4N4O4/c18-10-4-1-3-9(13(10)17(19,20)21)14(26)25-8-2-7-24(16(25)29)12-6-5-11(15(27)28)22-23-12/h1,3-6H,2,7-8H2,(H,27,28). The predicted molar refractivity (Wildman–Crippen MR) is 88.8 cm³/mol. The molecule has 152 valence electrons. The second-order valence-electron chi connectivity index (χ2n) is 5.99. The number of urea groups is 1. The van der Waals surface area contributed by atoms with Crippen LogP contribution in [0.4, 0.5) is 28.2 Å². The summed E-state index contributed by atoms with van der Waals surface area (Å²) in [4.78, 5) is 37.7. The SMILES string of the molecule is O=C(O)c1ccc(N2CCCN(C(=O)c3cccc(F)c3C(F)(F)F)C2=O)nn1. The Balaban J connectivity index is 1.92. The van der Waals surface area contributed by atoms with Crippen molar-refractivity contribution in [1.29, 1.82) is 0 Å². The largest absolute Gasteiger partial charge is 0.476 e. The topological polar surface area (TPSA) is 104 Å². The fourth-order valence-corrected chi connectivity index (χ4v) is 2.84. The van der Waals surface area contributed by atoms with Gasteiger partial charge in [0.25, 0.3) is 5.91 Å². The average molecular weight is 412 g/mol. The van der Waals surface area contributed by atoms with Crippen LogP contribution in [0.5, 0.6) is 0 Å². The fraction of sp³-hybridized carbons (Fsp3) is 0.235. The normalized spacial score (nSPS) is 14.8. The fourth-order valence-electron chi connectivity index (χ4n) is 2.84. The number of anilines is 1. The Morgan fingerprint density at radius 1 is 1.07 bits per heavy atom. The van der Waals surface area contributed by atoms with E-state index in [1.165, 1.54) is 6.07 Å². The number of nitrogens with zero attached hydrogens (tertiary/aromatic N) is 4. The first-order valence-corrected chi connectivity index (χ1v) is 8.17. The zero-order valence-electron chi connectivity index (χ0n) is 14.5. The van der Waals surface area contributed by atoms with Gasteiger partial charge in [-0.2, -0.15) is 13.2 Å². The maximum atomic E-state index is 13.8. The van der Waals surface area contributed by atoms with Crippen LogP contribution in [0.2, 0.25) is 0 Å². The Hall–Kier alpha value is -3.57. The molecule has 0 aliphatic carbocycles. The first-order valence-electron chi connectivity index (χ1n) is 8.17. The summed E-state index contributed by atoms with van der Waals surface area (Å²) in [5.41, 5.74) is -3.11. The third-order valence-corrected chi connectivity index (χ3v) is 4.14. The summed E-state index contributed by atoms with van der Waals surface area (Å²) >= 11 is 0. The molecule has 1 fully saturated rings. The van der Waals surface area contributed by atoms with Crippen LogP contribution in [0.1, 0.15) is 32.8 Å². The molecule has 2 heterocycles. The molecule has 3 amide bonds. The van der Waals surface area contributed by atoms with Gasteiger partial charge in [-0.05, 0) is 30.7 Å². The van der Waals surface area contributed by atoms with Gasteiger partial charge in [0, 0.05) is 13.1 Å². The van der Waals surface area contributed by atoms with E-state index < -0.39 is 41.0 Å². The average Bonchev–Trinajstić information content (AvgIpc) is 2.66. The Bertz CT molecular complexity index is 978. The van der Waals surface area contributed by atoms with Gasteiger partial charge in [-0.3, -0.25) is 14.6 Å². The van der Waals surface area contributed by atoms with Crippen molar-refractivity contribution in [1.82, 2.24) is 15.1 Å². The number of alkyl halides is 3. The molecule has 1 aliphatic rings. The lowest BCUT2D eigenvalue weighted by molar-refractivity contribution is -0.140. The van der Waals surface area contributed by atoms with Crippen molar-refractivity contribution in [3.8, 4) is 0 Å². The molecule has 1 saturated heterocycles. The Morgan fingerprint density at radius 3 is 2.38 bits per heavy atom. The van der Waals surface area contributed by atoms with Gasteiger partial charge in [0.05, 0.1) is 5.56 Å². The molecule has 0 unspecified atom stereocenters. The highest BCUT2D eigenvalue weighted by molar-refractivity contribution is 6.09. The Morgan fingerprint density at radius 2 is 1.79 bits per heavy atom. The van der Waals surface area contributed by atoms with E-state index >= 15 is 0 Å². The van der Waals surface area contributed by atoms with Gasteiger partial charge in [0.15, 0.2) is 11.5 Å². The number of imide groups is 1. The molecule has 0 atom stereocenters. The van der Waals surface area contributed by atoms with E-state index in [4.69, 9.17) is 5.11 Å². The number of hydrogen-bond acceptors (Lipinski definition) is 5. The van der Waals surface area contributed by atoms with E-state index in [0.717, 1.165) is 23.1 Å². The van der Waals surface area contributed by atoms with Crippen molar-refractivity contribution >= 4 is 23.7 Å². The molecular weight excluding hydrogens is 400 g/mol.